The Hall–Kier alpha value is -2.76. The van der Waals surface area contributed by atoms with E-state index in [0.29, 0.717) is 6.54 Å². The second-order valence-corrected chi connectivity index (χ2v) is 6.20. The largest absolute Gasteiger partial charge is 0.497 e. The Kier molecular flexibility index (Phi) is 5.94. The number of rotatable bonds is 4. The molecule has 0 unspecified atom stereocenters. The lowest BCUT2D eigenvalue weighted by Crippen LogP contribution is -2.52. The van der Waals surface area contributed by atoms with Crippen LogP contribution in [0.1, 0.15) is 5.56 Å². The van der Waals surface area contributed by atoms with E-state index in [1.54, 1.807) is 26.3 Å². The summed E-state index contributed by atoms with van der Waals surface area (Å²) in [5.41, 5.74) is 2.24. The quantitative estimate of drug-likeness (QED) is 0.676. The van der Waals surface area contributed by atoms with Gasteiger partial charge in [0, 0.05) is 45.5 Å². The zero-order valence-electron chi connectivity index (χ0n) is 15.3. The highest BCUT2D eigenvalue weighted by Crippen LogP contribution is 2.20. The first kappa shape index (κ1) is 18.0. The van der Waals surface area contributed by atoms with Gasteiger partial charge in [0.1, 0.15) is 11.6 Å². The van der Waals surface area contributed by atoms with Gasteiger partial charge in [-0.05, 0) is 42.0 Å². The van der Waals surface area contributed by atoms with Gasteiger partial charge >= 0.3 is 0 Å². The highest BCUT2D eigenvalue weighted by molar-refractivity contribution is 5.80. The number of guanidine groups is 1. The topological polar surface area (TPSA) is 40.1 Å². The van der Waals surface area contributed by atoms with Crippen LogP contribution < -0.4 is 15.0 Å². The molecule has 1 heterocycles. The van der Waals surface area contributed by atoms with Crippen molar-refractivity contribution in [1.82, 2.24) is 10.2 Å². The van der Waals surface area contributed by atoms with Crippen molar-refractivity contribution in [3.8, 4) is 5.75 Å². The Morgan fingerprint density at radius 1 is 1.04 bits per heavy atom. The zero-order valence-corrected chi connectivity index (χ0v) is 15.3. The second kappa shape index (κ2) is 8.56. The minimum absolute atomic E-state index is 0.215. The number of benzene rings is 2. The number of anilines is 1. The predicted molar refractivity (Wildman–Crippen MR) is 103 cm³/mol. The van der Waals surface area contributed by atoms with E-state index in [-0.39, 0.29) is 5.82 Å². The summed E-state index contributed by atoms with van der Waals surface area (Å²) in [6, 6.07) is 14.7. The average Bonchev–Trinajstić information content (AvgIpc) is 2.70. The van der Waals surface area contributed by atoms with E-state index in [0.717, 1.165) is 43.5 Å². The molecule has 1 saturated heterocycles. The fraction of sp³-hybridized carbons (Fsp3) is 0.350. The number of hydrogen-bond donors (Lipinski definition) is 1. The number of nitrogens with zero attached hydrogens (tertiary/aromatic N) is 3. The molecule has 0 amide bonds. The molecule has 0 radical (unpaired) electrons. The molecule has 6 heteroatoms. The molecule has 0 bridgehead atoms. The Balaban J connectivity index is 1.52. The number of methoxy groups -OCH3 is 1. The third-order valence-corrected chi connectivity index (χ3v) is 4.59. The molecule has 26 heavy (non-hydrogen) atoms. The molecule has 0 aromatic heterocycles. The standard InChI is InChI=1S/C20H25FN4O/c1-22-20(23-15-16-3-5-17(21)6-4-16)25-13-11-24(12-14-25)18-7-9-19(26-2)10-8-18/h3-10H,11-15H2,1-2H3,(H,22,23). The number of hydrogen-bond acceptors (Lipinski definition) is 3. The molecule has 0 spiro atoms. The van der Waals surface area contributed by atoms with E-state index in [4.69, 9.17) is 4.74 Å². The van der Waals surface area contributed by atoms with Crippen molar-refractivity contribution < 1.29 is 9.13 Å². The minimum Gasteiger partial charge on any atom is -0.497 e. The molecule has 138 valence electrons. The van der Waals surface area contributed by atoms with Gasteiger partial charge in [-0.15, -0.1) is 0 Å². The first-order chi connectivity index (χ1) is 12.7. The van der Waals surface area contributed by atoms with Crippen LogP contribution >= 0.6 is 0 Å². The summed E-state index contributed by atoms with van der Waals surface area (Å²) in [7, 11) is 3.47. The highest BCUT2D eigenvalue weighted by Gasteiger charge is 2.19. The highest BCUT2D eigenvalue weighted by atomic mass is 19.1. The zero-order chi connectivity index (χ0) is 18.4. The van der Waals surface area contributed by atoms with Gasteiger partial charge in [0.15, 0.2) is 5.96 Å². The van der Waals surface area contributed by atoms with Crippen LogP contribution in [-0.2, 0) is 6.54 Å². The van der Waals surface area contributed by atoms with Crippen LogP contribution in [0.15, 0.2) is 53.5 Å². The van der Waals surface area contributed by atoms with Crippen LogP contribution in [0.5, 0.6) is 5.75 Å². The van der Waals surface area contributed by atoms with Crippen molar-refractivity contribution in [3.05, 3.63) is 59.9 Å². The van der Waals surface area contributed by atoms with Crippen molar-refractivity contribution in [2.24, 2.45) is 4.99 Å². The lowest BCUT2D eigenvalue weighted by atomic mass is 10.2. The van der Waals surface area contributed by atoms with Crippen LogP contribution in [0, 0.1) is 5.82 Å². The summed E-state index contributed by atoms with van der Waals surface area (Å²) < 4.78 is 18.2. The normalized spacial score (nSPS) is 15.1. The summed E-state index contributed by atoms with van der Waals surface area (Å²) in [5.74, 6) is 1.54. The molecule has 0 aliphatic carbocycles. The molecule has 0 atom stereocenters. The van der Waals surface area contributed by atoms with Crippen LogP contribution in [0.25, 0.3) is 0 Å². The van der Waals surface area contributed by atoms with Crippen molar-refractivity contribution in [2.75, 3.05) is 45.2 Å². The number of halogens is 1. The van der Waals surface area contributed by atoms with Gasteiger partial charge in [0.05, 0.1) is 7.11 Å². The molecular weight excluding hydrogens is 331 g/mol. The maximum absolute atomic E-state index is 13.0. The van der Waals surface area contributed by atoms with E-state index < -0.39 is 0 Å². The Morgan fingerprint density at radius 2 is 1.69 bits per heavy atom. The number of ether oxygens (including phenoxy) is 1. The molecule has 5 nitrogen and oxygen atoms in total. The average molecular weight is 356 g/mol. The Morgan fingerprint density at radius 3 is 2.27 bits per heavy atom. The van der Waals surface area contributed by atoms with Gasteiger partial charge in [0.25, 0.3) is 0 Å². The number of nitrogens with one attached hydrogen (secondary N) is 1. The number of piperazine rings is 1. The Bertz CT molecular complexity index is 722. The third-order valence-electron chi connectivity index (χ3n) is 4.59. The molecule has 3 rings (SSSR count). The van der Waals surface area contributed by atoms with E-state index in [9.17, 15) is 4.39 Å². The molecule has 2 aromatic carbocycles. The summed E-state index contributed by atoms with van der Waals surface area (Å²) in [6.07, 6.45) is 0. The molecule has 1 N–H and O–H groups in total. The van der Waals surface area contributed by atoms with Crippen molar-refractivity contribution >= 4 is 11.6 Å². The van der Waals surface area contributed by atoms with E-state index in [1.165, 1.54) is 17.8 Å². The van der Waals surface area contributed by atoms with E-state index in [1.807, 2.05) is 12.1 Å². The van der Waals surface area contributed by atoms with Gasteiger partial charge in [0.2, 0.25) is 0 Å². The second-order valence-electron chi connectivity index (χ2n) is 6.20. The van der Waals surface area contributed by atoms with Gasteiger partial charge in [-0.25, -0.2) is 4.39 Å². The van der Waals surface area contributed by atoms with Gasteiger partial charge in [-0.1, -0.05) is 12.1 Å². The van der Waals surface area contributed by atoms with Crippen molar-refractivity contribution in [2.45, 2.75) is 6.54 Å². The maximum atomic E-state index is 13.0. The lowest BCUT2D eigenvalue weighted by molar-refractivity contribution is 0.372. The molecular formula is C20H25FN4O. The summed E-state index contributed by atoms with van der Waals surface area (Å²) in [6.45, 7) is 4.29. The van der Waals surface area contributed by atoms with E-state index in [2.05, 4.69) is 32.2 Å². The maximum Gasteiger partial charge on any atom is 0.194 e. The van der Waals surface area contributed by atoms with Crippen LogP contribution in [0.3, 0.4) is 0 Å². The van der Waals surface area contributed by atoms with Crippen molar-refractivity contribution in [1.29, 1.82) is 0 Å². The first-order valence-corrected chi connectivity index (χ1v) is 8.78. The molecule has 1 aliphatic heterocycles. The summed E-state index contributed by atoms with van der Waals surface area (Å²) in [4.78, 5) is 9.00. The smallest absolute Gasteiger partial charge is 0.194 e. The van der Waals surface area contributed by atoms with Gasteiger partial charge in [-0.3, -0.25) is 4.99 Å². The van der Waals surface area contributed by atoms with Crippen LogP contribution in [-0.4, -0.2) is 51.2 Å². The molecule has 1 aliphatic rings. The SMILES string of the molecule is CN=C(NCc1ccc(F)cc1)N1CCN(c2ccc(OC)cc2)CC1. The number of aliphatic imine (C=N–C) groups is 1. The fourth-order valence-electron chi connectivity index (χ4n) is 3.09. The van der Waals surface area contributed by atoms with Gasteiger partial charge < -0.3 is 19.9 Å². The van der Waals surface area contributed by atoms with Crippen molar-refractivity contribution in [3.63, 3.8) is 0 Å². The third kappa shape index (κ3) is 4.45. The molecule has 1 fully saturated rings. The first-order valence-electron chi connectivity index (χ1n) is 8.78. The molecule has 2 aromatic rings. The summed E-state index contributed by atoms with van der Waals surface area (Å²) in [5, 5.41) is 3.36. The monoisotopic (exact) mass is 356 g/mol. The fourth-order valence-corrected chi connectivity index (χ4v) is 3.09. The minimum atomic E-state index is -0.215. The van der Waals surface area contributed by atoms with E-state index >= 15 is 0 Å². The van der Waals surface area contributed by atoms with Crippen LogP contribution in [0.2, 0.25) is 0 Å². The summed E-state index contributed by atoms with van der Waals surface area (Å²) >= 11 is 0. The van der Waals surface area contributed by atoms with Crippen LogP contribution in [0.4, 0.5) is 10.1 Å². The van der Waals surface area contributed by atoms with Gasteiger partial charge in [-0.2, -0.15) is 0 Å². The molecule has 0 saturated carbocycles. The predicted octanol–water partition coefficient (Wildman–Crippen LogP) is 2.73. The Labute approximate surface area is 154 Å². The lowest BCUT2D eigenvalue weighted by Gasteiger charge is -2.37.